The van der Waals surface area contributed by atoms with E-state index >= 15 is 0 Å². The van der Waals surface area contributed by atoms with Crippen LogP contribution in [0.25, 0.3) is 0 Å². The van der Waals surface area contributed by atoms with E-state index in [2.05, 4.69) is 20.9 Å². The lowest BCUT2D eigenvalue weighted by Crippen LogP contribution is -2.59. The number of ether oxygens (including phenoxy) is 1. The van der Waals surface area contributed by atoms with Crippen LogP contribution in [0.2, 0.25) is 5.15 Å². The number of halogens is 2. The van der Waals surface area contributed by atoms with Crippen molar-refractivity contribution in [1.82, 2.24) is 14.2 Å². The summed E-state index contributed by atoms with van der Waals surface area (Å²) >= 11 is 9.27. The highest BCUT2D eigenvalue weighted by atomic mass is 79.9. The van der Waals surface area contributed by atoms with Crippen molar-refractivity contribution < 1.29 is 23.1 Å². The van der Waals surface area contributed by atoms with Crippen molar-refractivity contribution in [2.45, 2.75) is 38.5 Å². The Balaban J connectivity index is 2.45. The van der Waals surface area contributed by atoms with E-state index in [1.54, 1.807) is 32.9 Å². The van der Waals surface area contributed by atoms with Crippen LogP contribution in [0.15, 0.2) is 16.7 Å². The molecule has 2 rings (SSSR count). The van der Waals surface area contributed by atoms with Gasteiger partial charge in [0.1, 0.15) is 15.4 Å². The largest absolute Gasteiger partial charge is 0.444 e. The highest BCUT2D eigenvalue weighted by Crippen LogP contribution is 2.33. The lowest BCUT2D eigenvalue weighted by atomic mass is 10.0. The van der Waals surface area contributed by atoms with Crippen LogP contribution >= 0.6 is 27.5 Å². The number of carbonyl (C=O) groups is 1. The van der Waals surface area contributed by atoms with E-state index in [0.717, 1.165) is 6.26 Å². The van der Waals surface area contributed by atoms with E-state index in [-0.39, 0.29) is 18.2 Å². The Kier molecular flexibility index (Phi) is 6.79. The Hall–Kier alpha value is -0.940. The summed E-state index contributed by atoms with van der Waals surface area (Å²) in [4.78, 5) is 18.0. The van der Waals surface area contributed by atoms with Gasteiger partial charge < -0.3 is 9.84 Å². The fourth-order valence-corrected chi connectivity index (χ4v) is 4.74. The average molecular weight is 485 g/mol. The molecule has 1 amide bonds. The molecule has 1 N–H and O–H groups in total. The molecule has 2 atom stereocenters. The Labute approximate surface area is 172 Å². The maximum atomic E-state index is 12.6. The van der Waals surface area contributed by atoms with Gasteiger partial charge in [-0.05, 0) is 54.4 Å². The predicted molar refractivity (Wildman–Crippen MR) is 105 cm³/mol. The Morgan fingerprint density at radius 2 is 2.04 bits per heavy atom. The number of piperazine rings is 1. The number of aliphatic hydroxyl groups excluding tert-OH is 1. The van der Waals surface area contributed by atoms with Gasteiger partial charge in [-0.25, -0.2) is 18.2 Å². The van der Waals surface area contributed by atoms with Crippen LogP contribution in [0, 0.1) is 0 Å². The lowest BCUT2D eigenvalue weighted by molar-refractivity contribution is -0.0124. The second-order valence-corrected chi connectivity index (χ2v) is 10.5. The van der Waals surface area contributed by atoms with E-state index in [4.69, 9.17) is 16.3 Å². The Morgan fingerprint density at radius 1 is 1.41 bits per heavy atom. The van der Waals surface area contributed by atoms with Crippen LogP contribution in [0.4, 0.5) is 4.79 Å². The number of hydrogen-bond donors (Lipinski definition) is 1. The standard InChI is InChI=1S/C16H23BrClN3O5S/c1-16(2,3)26-15(23)20-8-12(10-5-13(17)19-14(18)6-10)21(27(4,24)25)7-11(20)9-22/h5-6,11-12,22H,7-9H2,1-4H3/t11-,12+/m1/s1. The Morgan fingerprint density at radius 3 is 2.52 bits per heavy atom. The summed E-state index contributed by atoms with van der Waals surface area (Å²) in [7, 11) is -3.61. The van der Waals surface area contributed by atoms with Gasteiger partial charge in [0, 0.05) is 13.1 Å². The first-order chi connectivity index (χ1) is 12.3. The average Bonchev–Trinajstić information content (AvgIpc) is 2.50. The van der Waals surface area contributed by atoms with Crippen molar-refractivity contribution in [3.63, 3.8) is 0 Å². The summed E-state index contributed by atoms with van der Waals surface area (Å²) in [5.41, 5.74) is -0.138. The molecule has 1 aromatic heterocycles. The quantitative estimate of drug-likeness (QED) is 0.661. The summed E-state index contributed by atoms with van der Waals surface area (Å²) in [6.07, 6.45) is 0.481. The third kappa shape index (κ3) is 5.77. The van der Waals surface area contributed by atoms with Gasteiger partial charge in [-0.2, -0.15) is 4.31 Å². The van der Waals surface area contributed by atoms with Crippen molar-refractivity contribution in [2.75, 3.05) is 26.0 Å². The second kappa shape index (κ2) is 8.20. The maximum Gasteiger partial charge on any atom is 0.410 e. The number of amides is 1. The number of rotatable bonds is 3. The zero-order valence-electron chi connectivity index (χ0n) is 15.5. The number of sulfonamides is 1. The van der Waals surface area contributed by atoms with Crippen LogP contribution in [0.5, 0.6) is 0 Å². The normalized spacial score (nSPS) is 22.0. The van der Waals surface area contributed by atoms with Gasteiger partial charge >= 0.3 is 6.09 Å². The highest BCUT2D eigenvalue weighted by Gasteiger charge is 2.42. The topological polar surface area (TPSA) is 100 Å². The van der Waals surface area contributed by atoms with Crippen molar-refractivity contribution >= 4 is 43.6 Å². The number of hydrogen-bond acceptors (Lipinski definition) is 6. The molecule has 0 bridgehead atoms. The van der Waals surface area contributed by atoms with Crippen LogP contribution in [-0.4, -0.2) is 71.4 Å². The number of aliphatic hydroxyl groups is 1. The molecule has 11 heteroatoms. The molecular formula is C16H23BrClN3O5S. The second-order valence-electron chi connectivity index (χ2n) is 7.36. The summed E-state index contributed by atoms with van der Waals surface area (Å²) in [6.45, 7) is 4.78. The van der Waals surface area contributed by atoms with Crippen molar-refractivity contribution in [3.05, 3.63) is 27.5 Å². The zero-order chi connectivity index (χ0) is 20.6. The van der Waals surface area contributed by atoms with Gasteiger partial charge in [0.2, 0.25) is 10.0 Å². The summed E-state index contributed by atoms with van der Waals surface area (Å²) in [6, 6.07) is 1.81. The highest BCUT2D eigenvalue weighted by molar-refractivity contribution is 9.10. The molecule has 2 heterocycles. The molecule has 0 spiro atoms. The molecule has 1 aliphatic heterocycles. The minimum atomic E-state index is -3.61. The molecule has 0 aliphatic carbocycles. The van der Waals surface area contributed by atoms with E-state index in [1.807, 2.05) is 0 Å². The molecule has 0 aromatic carbocycles. The molecule has 0 radical (unpaired) electrons. The van der Waals surface area contributed by atoms with Crippen LogP contribution < -0.4 is 0 Å². The third-order valence-corrected chi connectivity index (χ3v) is 5.84. The molecule has 1 aliphatic rings. The van der Waals surface area contributed by atoms with Crippen LogP contribution in [0.1, 0.15) is 32.4 Å². The van der Waals surface area contributed by atoms with Crippen LogP contribution in [0.3, 0.4) is 0 Å². The molecule has 1 fully saturated rings. The summed E-state index contributed by atoms with van der Waals surface area (Å²) in [5.74, 6) is 0. The first kappa shape index (κ1) is 22.4. The molecule has 0 unspecified atom stereocenters. The van der Waals surface area contributed by atoms with E-state index in [1.165, 1.54) is 9.21 Å². The Bertz CT molecular complexity index is 795. The predicted octanol–water partition coefficient (Wildman–Crippen LogP) is 2.41. The van der Waals surface area contributed by atoms with Gasteiger partial charge in [-0.3, -0.25) is 4.90 Å². The SMILES string of the molecule is CC(C)(C)OC(=O)N1C[C@@H](c2cc(Cl)nc(Br)c2)N(S(C)(=O)=O)C[C@@H]1CO. The van der Waals surface area contributed by atoms with Gasteiger partial charge in [0.15, 0.2) is 0 Å². The smallest absolute Gasteiger partial charge is 0.410 e. The first-order valence-corrected chi connectivity index (χ1v) is 11.2. The number of nitrogens with zero attached hydrogens (tertiary/aromatic N) is 3. The molecule has 152 valence electrons. The molecular weight excluding hydrogens is 462 g/mol. The molecule has 8 nitrogen and oxygen atoms in total. The maximum absolute atomic E-state index is 12.6. The van der Waals surface area contributed by atoms with E-state index in [0.29, 0.717) is 10.2 Å². The fraction of sp³-hybridized carbons (Fsp3) is 0.625. The lowest BCUT2D eigenvalue weighted by Gasteiger charge is -2.44. The van der Waals surface area contributed by atoms with Crippen molar-refractivity contribution in [3.8, 4) is 0 Å². The monoisotopic (exact) mass is 483 g/mol. The third-order valence-electron chi connectivity index (χ3n) is 3.98. The molecule has 1 aromatic rings. The zero-order valence-corrected chi connectivity index (χ0v) is 18.7. The summed E-state index contributed by atoms with van der Waals surface area (Å²) in [5, 5.41) is 9.92. The van der Waals surface area contributed by atoms with Gasteiger partial charge in [0.05, 0.1) is 24.9 Å². The van der Waals surface area contributed by atoms with Gasteiger partial charge in [-0.1, -0.05) is 11.6 Å². The number of pyridine rings is 1. The summed E-state index contributed by atoms with van der Waals surface area (Å²) < 4.78 is 31.8. The molecule has 27 heavy (non-hydrogen) atoms. The van der Waals surface area contributed by atoms with Gasteiger partial charge in [-0.15, -0.1) is 0 Å². The first-order valence-electron chi connectivity index (χ1n) is 8.22. The minimum absolute atomic E-state index is 0.0139. The minimum Gasteiger partial charge on any atom is -0.444 e. The van der Waals surface area contributed by atoms with Crippen molar-refractivity contribution in [1.29, 1.82) is 0 Å². The molecule has 1 saturated heterocycles. The van der Waals surface area contributed by atoms with E-state index in [9.17, 15) is 18.3 Å². The van der Waals surface area contributed by atoms with E-state index < -0.39 is 40.4 Å². The number of aromatic nitrogens is 1. The molecule has 0 saturated carbocycles. The van der Waals surface area contributed by atoms with Crippen molar-refractivity contribution in [2.24, 2.45) is 0 Å². The fourth-order valence-electron chi connectivity index (χ4n) is 2.87. The van der Waals surface area contributed by atoms with Crippen LogP contribution in [-0.2, 0) is 14.8 Å². The number of carbonyl (C=O) groups excluding carboxylic acids is 1. The van der Waals surface area contributed by atoms with Gasteiger partial charge in [0.25, 0.3) is 0 Å².